The molecule has 1 aliphatic carbocycles. The molecule has 2 aliphatic rings. The zero-order valence-electron chi connectivity index (χ0n) is 18.7. The number of unbranched alkanes of at least 4 members (excludes halogenated alkanes) is 2. The fourth-order valence-electron chi connectivity index (χ4n) is 4.82. The lowest BCUT2D eigenvalue weighted by Gasteiger charge is -2.27. The molecule has 1 saturated heterocycles. The normalized spacial score (nSPS) is 20.6. The van der Waals surface area contributed by atoms with Crippen LogP contribution in [0.2, 0.25) is 0 Å². The fraction of sp³-hybridized carbons (Fsp3) is 0.680. The van der Waals surface area contributed by atoms with E-state index >= 15 is 0 Å². The van der Waals surface area contributed by atoms with Crippen LogP contribution in [0, 0.1) is 5.92 Å². The third-order valence-corrected chi connectivity index (χ3v) is 6.69. The van der Waals surface area contributed by atoms with Gasteiger partial charge in [-0.3, -0.25) is 4.79 Å². The predicted molar refractivity (Wildman–Crippen MR) is 124 cm³/mol. The van der Waals surface area contributed by atoms with Crippen molar-refractivity contribution < 1.29 is 9.90 Å². The molecule has 166 valence electrons. The predicted octanol–water partition coefficient (Wildman–Crippen LogP) is 5.40. The van der Waals surface area contributed by atoms with Crippen LogP contribution < -0.4 is 10.2 Å². The van der Waals surface area contributed by atoms with Gasteiger partial charge in [-0.25, -0.2) is 4.98 Å². The Hall–Kier alpha value is -2.04. The molecular weight excluding hydrogens is 374 g/mol. The summed E-state index contributed by atoms with van der Waals surface area (Å²) >= 11 is 0. The summed E-state index contributed by atoms with van der Waals surface area (Å²) in [5, 5.41) is 13.0. The first-order valence-corrected chi connectivity index (χ1v) is 12.0. The third-order valence-electron chi connectivity index (χ3n) is 6.69. The van der Waals surface area contributed by atoms with Crippen molar-refractivity contribution in [3.05, 3.63) is 30.0 Å². The van der Waals surface area contributed by atoms with Gasteiger partial charge in [0.1, 0.15) is 5.82 Å². The number of hydrogen-bond donors (Lipinski definition) is 2. The van der Waals surface area contributed by atoms with Crippen molar-refractivity contribution in [1.29, 1.82) is 0 Å². The lowest BCUT2D eigenvalue weighted by atomic mass is 9.94. The number of anilines is 1. The van der Waals surface area contributed by atoms with Gasteiger partial charge in [-0.05, 0) is 57.1 Å². The molecule has 1 saturated carbocycles. The van der Waals surface area contributed by atoms with Crippen LogP contribution in [0.15, 0.2) is 18.7 Å². The zero-order chi connectivity index (χ0) is 21.3. The van der Waals surface area contributed by atoms with Gasteiger partial charge in [-0.15, -0.1) is 0 Å². The highest BCUT2D eigenvalue weighted by atomic mass is 16.4. The summed E-state index contributed by atoms with van der Waals surface area (Å²) in [5.41, 5.74) is 3.29. The van der Waals surface area contributed by atoms with Crippen LogP contribution in [0.25, 0.3) is 5.70 Å². The van der Waals surface area contributed by atoms with E-state index in [1.807, 2.05) is 0 Å². The Morgan fingerprint density at radius 2 is 1.93 bits per heavy atom. The number of nitrogens with one attached hydrogen (secondary N) is 1. The van der Waals surface area contributed by atoms with Crippen LogP contribution in [0.5, 0.6) is 0 Å². The molecule has 0 spiro atoms. The van der Waals surface area contributed by atoms with Crippen LogP contribution >= 0.6 is 0 Å². The van der Waals surface area contributed by atoms with E-state index in [0.29, 0.717) is 12.5 Å². The number of pyridine rings is 1. The van der Waals surface area contributed by atoms with Crippen molar-refractivity contribution in [3.8, 4) is 0 Å². The first-order valence-electron chi connectivity index (χ1n) is 12.0. The first-order chi connectivity index (χ1) is 14.6. The number of rotatable bonds is 9. The second-order valence-corrected chi connectivity index (χ2v) is 9.03. The van der Waals surface area contributed by atoms with Crippen molar-refractivity contribution >= 4 is 17.5 Å². The van der Waals surface area contributed by atoms with Crippen molar-refractivity contribution in [2.45, 2.75) is 90.0 Å². The van der Waals surface area contributed by atoms with E-state index in [-0.39, 0.29) is 5.92 Å². The summed E-state index contributed by atoms with van der Waals surface area (Å²) < 4.78 is 0. The van der Waals surface area contributed by atoms with Crippen molar-refractivity contribution in [2.24, 2.45) is 5.92 Å². The molecule has 1 aromatic rings. The second kappa shape index (κ2) is 11.4. The molecule has 2 fully saturated rings. The average molecular weight is 414 g/mol. The Morgan fingerprint density at radius 1 is 1.13 bits per heavy atom. The molecule has 5 heteroatoms. The molecule has 3 rings (SSSR count). The molecule has 2 heterocycles. The van der Waals surface area contributed by atoms with Gasteiger partial charge in [0.05, 0.1) is 11.6 Å². The number of nitrogens with zero attached hydrogens (tertiary/aromatic N) is 2. The summed E-state index contributed by atoms with van der Waals surface area (Å²) in [6, 6.07) is 4.82. The van der Waals surface area contributed by atoms with Crippen LogP contribution in [0.3, 0.4) is 0 Å². The SMILES string of the molecule is C=C(NC1CCCCC1)c1ccc(N2CCCC(C(=O)O)CC2)nc1CCCCC. The molecule has 0 bridgehead atoms. The van der Waals surface area contributed by atoms with E-state index in [1.165, 1.54) is 44.9 Å². The highest BCUT2D eigenvalue weighted by molar-refractivity contribution is 5.70. The maximum atomic E-state index is 11.4. The lowest BCUT2D eigenvalue weighted by Crippen LogP contribution is -2.30. The molecule has 0 aromatic carbocycles. The van der Waals surface area contributed by atoms with E-state index in [9.17, 15) is 9.90 Å². The topological polar surface area (TPSA) is 65.5 Å². The third kappa shape index (κ3) is 6.23. The molecule has 1 aliphatic heterocycles. The standard InChI is InChI=1S/C25H39N3O2/c1-3-4-6-13-23-22(19(2)26-21-11-7-5-8-12-21)14-15-24(27-23)28-17-9-10-20(16-18-28)25(29)30/h14-15,20-21,26H,2-13,16-18H2,1H3,(H,29,30). The molecular formula is C25H39N3O2. The van der Waals surface area contributed by atoms with Crippen molar-refractivity contribution in [3.63, 3.8) is 0 Å². The smallest absolute Gasteiger partial charge is 0.306 e. The highest BCUT2D eigenvalue weighted by Gasteiger charge is 2.23. The van der Waals surface area contributed by atoms with Crippen LogP contribution in [-0.2, 0) is 11.2 Å². The van der Waals surface area contributed by atoms with Gasteiger partial charge >= 0.3 is 5.97 Å². The second-order valence-electron chi connectivity index (χ2n) is 9.03. The Morgan fingerprint density at radius 3 is 2.67 bits per heavy atom. The van der Waals surface area contributed by atoms with Gasteiger partial charge < -0.3 is 15.3 Å². The maximum absolute atomic E-state index is 11.4. The lowest BCUT2D eigenvalue weighted by molar-refractivity contribution is -0.142. The number of aryl methyl sites for hydroxylation is 1. The fourth-order valence-corrected chi connectivity index (χ4v) is 4.82. The summed E-state index contributed by atoms with van der Waals surface area (Å²) in [6.07, 6.45) is 13.3. The molecule has 0 amide bonds. The minimum absolute atomic E-state index is 0.224. The van der Waals surface area contributed by atoms with E-state index in [0.717, 1.165) is 61.5 Å². The number of carboxylic acid groups (broad SMARTS) is 1. The van der Waals surface area contributed by atoms with Gasteiger partial charge in [0, 0.05) is 30.4 Å². The monoisotopic (exact) mass is 413 g/mol. The zero-order valence-corrected chi connectivity index (χ0v) is 18.7. The molecule has 0 radical (unpaired) electrons. The molecule has 2 N–H and O–H groups in total. The van der Waals surface area contributed by atoms with Gasteiger partial charge in [-0.2, -0.15) is 0 Å². The largest absolute Gasteiger partial charge is 0.481 e. The summed E-state index contributed by atoms with van der Waals surface area (Å²) in [6.45, 7) is 8.23. The number of hydrogen-bond acceptors (Lipinski definition) is 4. The quantitative estimate of drug-likeness (QED) is 0.531. The van der Waals surface area contributed by atoms with E-state index in [1.54, 1.807) is 0 Å². The molecule has 1 unspecified atom stereocenters. The first kappa shape index (κ1) is 22.6. The summed E-state index contributed by atoms with van der Waals surface area (Å²) in [5.74, 6) is 0.102. The minimum atomic E-state index is -0.662. The minimum Gasteiger partial charge on any atom is -0.481 e. The van der Waals surface area contributed by atoms with Gasteiger partial charge in [0.25, 0.3) is 0 Å². The van der Waals surface area contributed by atoms with Crippen LogP contribution in [0.1, 0.15) is 88.8 Å². The Kier molecular flexibility index (Phi) is 8.59. The van der Waals surface area contributed by atoms with Gasteiger partial charge in [0.2, 0.25) is 0 Å². The molecule has 30 heavy (non-hydrogen) atoms. The highest BCUT2D eigenvalue weighted by Crippen LogP contribution is 2.27. The van der Waals surface area contributed by atoms with Gasteiger partial charge in [0.15, 0.2) is 0 Å². The van der Waals surface area contributed by atoms with E-state index in [2.05, 4.69) is 35.9 Å². The molecule has 1 aromatic heterocycles. The maximum Gasteiger partial charge on any atom is 0.306 e. The van der Waals surface area contributed by atoms with E-state index < -0.39 is 5.97 Å². The van der Waals surface area contributed by atoms with Crippen LogP contribution in [0.4, 0.5) is 5.82 Å². The molecule has 5 nitrogen and oxygen atoms in total. The Bertz CT molecular complexity index is 712. The summed E-state index contributed by atoms with van der Waals surface area (Å²) in [4.78, 5) is 18.7. The number of aliphatic carboxylic acids is 1. The number of carbonyl (C=O) groups is 1. The average Bonchev–Trinajstić information content (AvgIpc) is 3.01. The summed E-state index contributed by atoms with van der Waals surface area (Å²) in [7, 11) is 0. The Labute approximate surface area is 182 Å². The van der Waals surface area contributed by atoms with E-state index in [4.69, 9.17) is 4.98 Å². The number of aromatic nitrogens is 1. The van der Waals surface area contributed by atoms with Crippen molar-refractivity contribution in [2.75, 3.05) is 18.0 Å². The van der Waals surface area contributed by atoms with Gasteiger partial charge in [-0.1, -0.05) is 45.6 Å². The van der Waals surface area contributed by atoms with Crippen LogP contribution in [-0.4, -0.2) is 35.2 Å². The number of carboxylic acids is 1. The Balaban J connectivity index is 1.74. The molecule has 1 atom stereocenters. The van der Waals surface area contributed by atoms with Crippen molar-refractivity contribution in [1.82, 2.24) is 10.3 Å².